The Balaban J connectivity index is 1.28. The molecule has 2 heterocycles. The van der Waals surface area contributed by atoms with Crippen molar-refractivity contribution < 1.29 is 19.0 Å². The minimum absolute atomic E-state index is 0.109. The number of benzene rings is 2. The van der Waals surface area contributed by atoms with Crippen molar-refractivity contribution in [2.45, 2.75) is 6.92 Å². The van der Waals surface area contributed by atoms with Crippen LogP contribution in [0.15, 0.2) is 72.9 Å². The average molecular weight is 431 g/mol. The van der Waals surface area contributed by atoms with Gasteiger partial charge in [0.25, 0.3) is 5.91 Å². The highest BCUT2D eigenvalue weighted by Crippen LogP contribution is 2.22. The van der Waals surface area contributed by atoms with E-state index in [9.17, 15) is 4.79 Å². The fraction of sp³-hybridized carbons (Fsp3) is 0.130. The van der Waals surface area contributed by atoms with E-state index in [0.29, 0.717) is 28.9 Å². The van der Waals surface area contributed by atoms with E-state index in [1.165, 1.54) is 0 Å². The second-order valence-electron chi connectivity index (χ2n) is 6.77. The van der Waals surface area contributed by atoms with E-state index < -0.39 is 0 Å². The molecule has 9 heteroatoms. The third kappa shape index (κ3) is 5.39. The van der Waals surface area contributed by atoms with Gasteiger partial charge in [-0.2, -0.15) is 5.10 Å². The molecule has 0 unspecified atom stereocenters. The van der Waals surface area contributed by atoms with Crippen LogP contribution in [0, 0.1) is 6.92 Å². The van der Waals surface area contributed by atoms with Gasteiger partial charge in [-0.1, -0.05) is 0 Å². The van der Waals surface area contributed by atoms with Crippen LogP contribution in [-0.2, 0) is 4.79 Å². The topological polar surface area (TPSA) is 100 Å². The summed E-state index contributed by atoms with van der Waals surface area (Å²) in [6, 6.07) is 19.3. The van der Waals surface area contributed by atoms with Crippen molar-refractivity contribution in [1.29, 1.82) is 0 Å². The third-order valence-corrected chi connectivity index (χ3v) is 4.37. The standard InChI is InChI=1S/C23H21N5O4/c1-16-13-14-28(27-16)21-11-12-23(26-25-21)32-20-5-3-17(4-6-20)24-22(29)15-31-19-9-7-18(30-2)8-10-19/h3-14H,15H2,1-2H3,(H,24,29). The number of rotatable bonds is 8. The van der Waals surface area contributed by atoms with Crippen LogP contribution in [0.1, 0.15) is 5.69 Å². The van der Waals surface area contributed by atoms with Gasteiger partial charge in [-0.05, 0) is 67.6 Å². The van der Waals surface area contributed by atoms with Gasteiger partial charge < -0.3 is 19.5 Å². The van der Waals surface area contributed by atoms with E-state index in [2.05, 4.69) is 20.6 Å². The highest BCUT2D eigenvalue weighted by Gasteiger charge is 2.06. The quantitative estimate of drug-likeness (QED) is 0.453. The molecule has 0 spiro atoms. The van der Waals surface area contributed by atoms with E-state index in [0.717, 1.165) is 11.4 Å². The lowest BCUT2D eigenvalue weighted by molar-refractivity contribution is -0.118. The van der Waals surface area contributed by atoms with Crippen molar-refractivity contribution in [3.63, 3.8) is 0 Å². The summed E-state index contributed by atoms with van der Waals surface area (Å²) >= 11 is 0. The largest absolute Gasteiger partial charge is 0.497 e. The molecule has 0 saturated heterocycles. The molecule has 4 rings (SSSR count). The van der Waals surface area contributed by atoms with Gasteiger partial charge in [0.05, 0.1) is 12.8 Å². The predicted molar refractivity (Wildman–Crippen MR) is 118 cm³/mol. The lowest BCUT2D eigenvalue weighted by Crippen LogP contribution is -2.20. The molecule has 32 heavy (non-hydrogen) atoms. The van der Waals surface area contributed by atoms with E-state index in [1.807, 2.05) is 19.2 Å². The molecule has 9 nitrogen and oxygen atoms in total. The van der Waals surface area contributed by atoms with Gasteiger partial charge in [0, 0.05) is 18.0 Å². The van der Waals surface area contributed by atoms with Gasteiger partial charge in [-0.15, -0.1) is 10.2 Å². The normalized spacial score (nSPS) is 10.4. The predicted octanol–water partition coefficient (Wildman–Crippen LogP) is 3.79. The first-order chi connectivity index (χ1) is 15.6. The summed E-state index contributed by atoms with van der Waals surface area (Å²) in [5.41, 5.74) is 1.52. The fourth-order valence-electron chi connectivity index (χ4n) is 2.78. The van der Waals surface area contributed by atoms with Crippen molar-refractivity contribution >= 4 is 11.6 Å². The first-order valence-corrected chi connectivity index (χ1v) is 9.80. The molecule has 0 atom stereocenters. The molecule has 0 bridgehead atoms. The van der Waals surface area contributed by atoms with Crippen LogP contribution in [0.25, 0.3) is 5.82 Å². The fourth-order valence-corrected chi connectivity index (χ4v) is 2.78. The summed E-state index contributed by atoms with van der Waals surface area (Å²) < 4.78 is 17.9. The Hall–Kier alpha value is -4.40. The number of anilines is 1. The third-order valence-electron chi connectivity index (χ3n) is 4.37. The summed E-state index contributed by atoms with van der Waals surface area (Å²) in [4.78, 5) is 12.1. The number of carbonyl (C=O) groups excluding carboxylic acids is 1. The summed E-state index contributed by atoms with van der Waals surface area (Å²) in [5.74, 6) is 2.54. The first-order valence-electron chi connectivity index (χ1n) is 9.80. The van der Waals surface area contributed by atoms with E-state index in [-0.39, 0.29) is 12.5 Å². The second-order valence-corrected chi connectivity index (χ2v) is 6.77. The van der Waals surface area contributed by atoms with Crippen LogP contribution < -0.4 is 19.5 Å². The molecule has 1 N–H and O–H groups in total. The molecule has 1 amide bonds. The number of methoxy groups -OCH3 is 1. The number of hydrogen-bond donors (Lipinski definition) is 1. The van der Waals surface area contributed by atoms with Gasteiger partial charge in [0.1, 0.15) is 17.2 Å². The Labute approximate surface area is 184 Å². The molecule has 0 fully saturated rings. The van der Waals surface area contributed by atoms with E-state index in [4.69, 9.17) is 14.2 Å². The van der Waals surface area contributed by atoms with Crippen LogP contribution in [-0.4, -0.2) is 39.6 Å². The molecule has 0 aliphatic heterocycles. The highest BCUT2D eigenvalue weighted by atomic mass is 16.5. The molecule has 0 saturated carbocycles. The van der Waals surface area contributed by atoms with Crippen LogP contribution >= 0.6 is 0 Å². The Morgan fingerprint density at radius 2 is 1.62 bits per heavy atom. The first kappa shape index (κ1) is 20.9. The number of aromatic nitrogens is 4. The van der Waals surface area contributed by atoms with Crippen molar-refractivity contribution in [3.05, 3.63) is 78.6 Å². The Morgan fingerprint density at radius 1 is 0.906 bits per heavy atom. The molecule has 0 radical (unpaired) electrons. The highest BCUT2D eigenvalue weighted by molar-refractivity contribution is 5.91. The SMILES string of the molecule is COc1ccc(OCC(=O)Nc2ccc(Oc3ccc(-n4ccc(C)n4)nn3)cc2)cc1. The molecular weight excluding hydrogens is 410 g/mol. The van der Waals surface area contributed by atoms with Crippen molar-refractivity contribution in [3.8, 4) is 28.9 Å². The number of hydrogen-bond acceptors (Lipinski definition) is 7. The maximum Gasteiger partial charge on any atom is 0.262 e. The minimum atomic E-state index is -0.273. The van der Waals surface area contributed by atoms with E-state index in [1.54, 1.807) is 72.5 Å². The summed E-state index contributed by atoms with van der Waals surface area (Å²) in [5, 5.41) is 15.2. The number of aryl methyl sites for hydroxylation is 1. The summed E-state index contributed by atoms with van der Waals surface area (Å²) in [6.45, 7) is 1.80. The summed E-state index contributed by atoms with van der Waals surface area (Å²) in [7, 11) is 1.59. The van der Waals surface area contributed by atoms with Crippen molar-refractivity contribution in [1.82, 2.24) is 20.0 Å². The van der Waals surface area contributed by atoms with Crippen LogP contribution in [0.5, 0.6) is 23.1 Å². The number of nitrogens with zero attached hydrogens (tertiary/aromatic N) is 4. The summed E-state index contributed by atoms with van der Waals surface area (Å²) in [6.07, 6.45) is 1.81. The molecule has 2 aromatic heterocycles. The van der Waals surface area contributed by atoms with Gasteiger partial charge in [0.2, 0.25) is 5.88 Å². The van der Waals surface area contributed by atoms with Crippen molar-refractivity contribution in [2.24, 2.45) is 0 Å². The Kier molecular flexibility index (Phi) is 6.26. The van der Waals surface area contributed by atoms with Crippen LogP contribution in [0.2, 0.25) is 0 Å². The Morgan fingerprint density at radius 3 is 2.25 bits per heavy atom. The lowest BCUT2D eigenvalue weighted by Gasteiger charge is -2.09. The number of amides is 1. The van der Waals surface area contributed by atoms with Gasteiger partial charge in [-0.3, -0.25) is 4.79 Å². The number of ether oxygens (including phenoxy) is 3. The van der Waals surface area contributed by atoms with E-state index >= 15 is 0 Å². The minimum Gasteiger partial charge on any atom is -0.497 e. The molecule has 0 aliphatic carbocycles. The monoisotopic (exact) mass is 431 g/mol. The average Bonchev–Trinajstić information content (AvgIpc) is 3.26. The second kappa shape index (κ2) is 9.61. The van der Waals surface area contributed by atoms with Crippen molar-refractivity contribution in [2.75, 3.05) is 19.0 Å². The molecule has 4 aromatic rings. The number of carbonyl (C=O) groups is 1. The molecular formula is C23H21N5O4. The zero-order valence-corrected chi connectivity index (χ0v) is 17.6. The number of nitrogens with one attached hydrogen (secondary N) is 1. The van der Waals surface area contributed by atoms with Gasteiger partial charge >= 0.3 is 0 Å². The Bertz CT molecular complexity index is 1170. The molecule has 2 aromatic carbocycles. The zero-order valence-electron chi connectivity index (χ0n) is 17.6. The van der Waals surface area contributed by atoms with Gasteiger partial charge in [0.15, 0.2) is 12.4 Å². The van der Waals surface area contributed by atoms with Crippen LogP contribution in [0.4, 0.5) is 5.69 Å². The smallest absolute Gasteiger partial charge is 0.262 e. The lowest BCUT2D eigenvalue weighted by atomic mass is 10.3. The van der Waals surface area contributed by atoms with Gasteiger partial charge in [-0.25, -0.2) is 4.68 Å². The maximum atomic E-state index is 12.1. The maximum absolute atomic E-state index is 12.1. The van der Waals surface area contributed by atoms with Crippen LogP contribution in [0.3, 0.4) is 0 Å². The zero-order chi connectivity index (χ0) is 22.3. The molecule has 0 aliphatic rings. The molecule has 162 valence electrons.